The van der Waals surface area contributed by atoms with Crippen LogP contribution in [0, 0.1) is 5.92 Å². The number of hydrogen-bond donors (Lipinski definition) is 2. The lowest BCUT2D eigenvalue weighted by Gasteiger charge is -2.32. The fourth-order valence-corrected chi connectivity index (χ4v) is 3.71. The molecule has 0 heterocycles. The molecule has 106 valence electrons. The first-order valence-corrected chi connectivity index (χ1v) is 8.31. The van der Waals surface area contributed by atoms with Gasteiger partial charge in [-0.05, 0) is 43.0 Å². The van der Waals surface area contributed by atoms with Crippen LogP contribution >= 0.6 is 0 Å². The summed E-state index contributed by atoms with van der Waals surface area (Å²) >= 11 is 0. The van der Waals surface area contributed by atoms with Gasteiger partial charge >= 0.3 is 0 Å². The second-order valence-electron chi connectivity index (χ2n) is 5.32. The molecule has 0 amide bonds. The molecule has 1 aromatic carbocycles. The van der Waals surface area contributed by atoms with E-state index in [0.29, 0.717) is 17.4 Å². The Morgan fingerprint density at radius 3 is 2.68 bits per heavy atom. The van der Waals surface area contributed by atoms with E-state index >= 15 is 0 Å². The lowest BCUT2D eigenvalue weighted by Crippen LogP contribution is -2.43. The molecule has 0 aromatic heterocycles. The number of nitrogens with one attached hydrogen (secondary N) is 2. The average molecular weight is 282 g/mol. The summed E-state index contributed by atoms with van der Waals surface area (Å²) in [6.07, 6.45) is 1.88. The Labute approximate surface area is 115 Å². The molecule has 0 unspecified atom stereocenters. The standard InChI is InChI=1S/C14H22N2O2S/c1-3-15-10-12-5-4-6-14(9-12)19(17,18)16-13-7-11(2)8-13/h4-6,9,11,13,15-16H,3,7-8,10H2,1-2H3. The summed E-state index contributed by atoms with van der Waals surface area (Å²) in [5.74, 6) is 0.632. The van der Waals surface area contributed by atoms with Gasteiger partial charge in [0.15, 0.2) is 0 Å². The summed E-state index contributed by atoms with van der Waals surface area (Å²) < 4.78 is 27.2. The zero-order valence-electron chi connectivity index (χ0n) is 11.5. The molecule has 4 nitrogen and oxygen atoms in total. The summed E-state index contributed by atoms with van der Waals surface area (Å²) in [6.45, 7) is 5.73. The summed E-state index contributed by atoms with van der Waals surface area (Å²) in [5, 5.41) is 3.20. The summed E-state index contributed by atoms with van der Waals surface area (Å²) in [7, 11) is -3.37. The molecule has 19 heavy (non-hydrogen) atoms. The van der Waals surface area contributed by atoms with Crippen molar-refractivity contribution in [2.75, 3.05) is 6.54 Å². The van der Waals surface area contributed by atoms with Gasteiger partial charge < -0.3 is 5.32 Å². The summed E-state index contributed by atoms with van der Waals surface area (Å²) in [4.78, 5) is 0.363. The Balaban J connectivity index is 2.06. The first-order valence-electron chi connectivity index (χ1n) is 6.83. The molecule has 0 radical (unpaired) electrons. The maximum absolute atomic E-state index is 12.2. The van der Waals surface area contributed by atoms with Gasteiger partial charge in [-0.1, -0.05) is 26.0 Å². The van der Waals surface area contributed by atoms with Crippen molar-refractivity contribution in [3.05, 3.63) is 29.8 Å². The fraction of sp³-hybridized carbons (Fsp3) is 0.571. The third-order valence-electron chi connectivity index (χ3n) is 3.48. The quantitative estimate of drug-likeness (QED) is 0.837. The van der Waals surface area contributed by atoms with E-state index in [0.717, 1.165) is 24.9 Å². The van der Waals surface area contributed by atoms with Gasteiger partial charge in [-0.3, -0.25) is 0 Å². The van der Waals surface area contributed by atoms with Gasteiger partial charge in [0, 0.05) is 12.6 Å². The van der Waals surface area contributed by atoms with Crippen LogP contribution in [0.2, 0.25) is 0 Å². The molecule has 0 aliphatic heterocycles. The Morgan fingerprint density at radius 2 is 2.05 bits per heavy atom. The van der Waals surface area contributed by atoms with Crippen molar-refractivity contribution in [2.24, 2.45) is 5.92 Å². The highest BCUT2D eigenvalue weighted by Gasteiger charge is 2.29. The van der Waals surface area contributed by atoms with Crippen molar-refractivity contribution < 1.29 is 8.42 Å². The minimum absolute atomic E-state index is 0.109. The van der Waals surface area contributed by atoms with Crippen LogP contribution in [0.15, 0.2) is 29.2 Å². The molecular weight excluding hydrogens is 260 g/mol. The van der Waals surface area contributed by atoms with Gasteiger partial charge in [0.2, 0.25) is 10.0 Å². The third-order valence-corrected chi connectivity index (χ3v) is 5.00. The number of hydrogen-bond acceptors (Lipinski definition) is 3. The molecule has 0 spiro atoms. The molecular formula is C14H22N2O2S. The van der Waals surface area contributed by atoms with Crippen LogP contribution in [-0.2, 0) is 16.6 Å². The fourth-order valence-electron chi connectivity index (χ4n) is 2.38. The molecule has 0 atom stereocenters. The van der Waals surface area contributed by atoms with Crippen molar-refractivity contribution in [1.29, 1.82) is 0 Å². The summed E-state index contributed by atoms with van der Waals surface area (Å²) in [5.41, 5.74) is 0.992. The van der Waals surface area contributed by atoms with E-state index < -0.39 is 10.0 Å². The Morgan fingerprint density at radius 1 is 1.32 bits per heavy atom. The van der Waals surface area contributed by atoms with Crippen LogP contribution in [0.4, 0.5) is 0 Å². The molecule has 1 aromatic rings. The van der Waals surface area contributed by atoms with E-state index in [1.54, 1.807) is 18.2 Å². The number of sulfonamides is 1. The Bertz CT molecular complexity index is 522. The SMILES string of the molecule is CCNCc1cccc(S(=O)(=O)NC2CC(C)C2)c1. The molecule has 0 bridgehead atoms. The predicted molar refractivity (Wildman–Crippen MR) is 76.3 cm³/mol. The largest absolute Gasteiger partial charge is 0.313 e. The number of benzene rings is 1. The second kappa shape index (κ2) is 6.03. The Kier molecular flexibility index (Phi) is 4.60. The number of rotatable bonds is 6. The topological polar surface area (TPSA) is 58.2 Å². The lowest BCUT2D eigenvalue weighted by molar-refractivity contribution is 0.270. The van der Waals surface area contributed by atoms with E-state index in [4.69, 9.17) is 0 Å². The van der Waals surface area contributed by atoms with Crippen molar-refractivity contribution in [2.45, 2.75) is 44.2 Å². The molecule has 1 fully saturated rings. The van der Waals surface area contributed by atoms with E-state index in [2.05, 4.69) is 17.0 Å². The van der Waals surface area contributed by atoms with E-state index in [1.807, 2.05) is 13.0 Å². The van der Waals surface area contributed by atoms with Gasteiger partial charge in [0.1, 0.15) is 0 Å². The Hall–Kier alpha value is -0.910. The molecule has 1 aliphatic rings. The monoisotopic (exact) mass is 282 g/mol. The van der Waals surface area contributed by atoms with E-state index in [1.165, 1.54) is 0 Å². The van der Waals surface area contributed by atoms with Crippen LogP contribution in [-0.4, -0.2) is 21.0 Å². The van der Waals surface area contributed by atoms with Gasteiger partial charge in [-0.15, -0.1) is 0 Å². The zero-order valence-corrected chi connectivity index (χ0v) is 12.3. The first-order chi connectivity index (χ1) is 9.01. The highest BCUT2D eigenvalue weighted by Crippen LogP contribution is 2.27. The van der Waals surface area contributed by atoms with Gasteiger partial charge in [-0.2, -0.15) is 0 Å². The van der Waals surface area contributed by atoms with Crippen LogP contribution in [0.25, 0.3) is 0 Å². The highest BCUT2D eigenvalue weighted by atomic mass is 32.2. The average Bonchev–Trinajstić information content (AvgIpc) is 2.34. The van der Waals surface area contributed by atoms with Crippen LogP contribution in [0.1, 0.15) is 32.3 Å². The first kappa shape index (κ1) is 14.5. The van der Waals surface area contributed by atoms with E-state index in [-0.39, 0.29) is 6.04 Å². The van der Waals surface area contributed by atoms with Gasteiger partial charge in [0.05, 0.1) is 4.90 Å². The summed E-state index contributed by atoms with van der Waals surface area (Å²) in [6, 6.07) is 7.24. The maximum Gasteiger partial charge on any atom is 0.240 e. The minimum Gasteiger partial charge on any atom is -0.313 e. The third kappa shape index (κ3) is 3.78. The molecule has 0 saturated heterocycles. The molecule has 1 aliphatic carbocycles. The van der Waals surface area contributed by atoms with E-state index in [9.17, 15) is 8.42 Å². The van der Waals surface area contributed by atoms with Crippen LogP contribution < -0.4 is 10.0 Å². The van der Waals surface area contributed by atoms with Crippen molar-refractivity contribution >= 4 is 10.0 Å². The smallest absolute Gasteiger partial charge is 0.240 e. The lowest BCUT2D eigenvalue weighted by atomic mass is 9.83. The van der Waals surface area contributed by atoms with Crippen LogP contribution in [0.5, 0.6) is 0 Å². The maximum atomic E-state index is 12.2. The molecule has 5 heteroatoms. The zero-order chi connectivity index (χ0) is 13.9. The second-order valence-corrected chi connectivity index (χ2v) is 7.04. The van der Waals surface area contributed by atoms with Gasteiger partial charge in [-0.25, -0.2) is 13.1 Å². The molecule has 1 saturated carbocycles. The van der Waals surface area contributed by atoms with Gasteiger partial charge in [0.25, 0.3) is 0 Å². The normalized spacial score (nSPS) is 23.1. The minimum atomic E-state index is -3.37. The molecule has 2 rings (SSSR count). The molecule has 2 N–H and O–H groups in total. The highest BCUT2D eigenvalue weighted by molar-refractivity contribution is 7.89. The van der Waals surface area contributed by atoms with Crippen molar-refractivity contribution in [1.82, 2.24) is 10.0 Å². The van der Waals surface area contributed by atoms with Crippen molar-refractivity contribution in [3.63, 3.8) is 0 Å². The predicted octanol–water partition coefficient (Wildman–Crippen LogP) is 1.87. The van der Waals surface area contributed by atoms with Crippen molar-refractivity contribution in [3.8, 4) is 0 Å². The van der Waals surface area contributed by atoms with Crippen LogP contribution in [0.3, 0.4) is 0 Å².